The van der Waals surface area contributed by atoms with Crippen LogP contribution in [0.25, 0.3) is 0 Å². The van der Waals surface area contributed by atoms with Crippen molar-refractivity contribution >= 4 is 15.9 Å². The van der Waals surface area contributed by atoms with Gasteiger partial charge in [0.15, 0.2) is 0 Å². The van der Waals surface area contributed by atoms with Gasteiger partial charge in [0.1, 0.15) is 10.6 Å². The molecule has 0 aliphatic rings. The highest BCUT2D eigenvalue weighted by atomic mass is 32.2. The van der Waals surface area contributed by atoms with Crippen LogP contribution in [0.4, 0.5) is 0 Å². The minimum absolute atomic E-state index is 0.0325. The number of benzene rings is 1. The van der Waals surface area contributed by atoms with Crippen LogP contribution in [0.3, 0.4) is 0 Å². The molecule has 2 N–H and O–H groups in total. The van der Waals surface area contributed by atoms with Crippen LogP contribution in [0.2, 0.25) is 0 Å². The van der Waals surface area contributed by atoms with Crippen molar-refractivity contribution in [2.75, 3.05) is 13.7 Å². The molecule has 130 valence electrons. The number of unbranched alkanes of at least 4 members (excludes halogenated alkanes) is 2. The summed E-state index contributed by atoms with van der Waals surface area (Å²) < 4.78 is 32.4. The summed E-state index contributed by atoms with van der Waals surface area (Å²) in [6.45, 7) is 6.12. The summed E-state index contributed by atoms with van der Waals surface area (Å²) in [5.41, 5.74) is 0.298. The molecule has 0 radical (unpaired) electrons. The Morgan fingerprint density at radius 2 is 1.96 bits per heavy atom. The molecule has 7 heteroatoms. The van der Waals surface area contributed by atoms with Crippen LogP contribution < -0.4 is 14.8 Å². The average molecular weight is 342 g/mol. The molecule has 0 fully saturated rings. The van der Waals surface area contributed by atoms with Gasteiger partial charge >= 0.3 is 0 Å². The number of rotatable bonds is 9. The average Bonchev–Trinajstić information content (AvgIpc) is 2.49. The van der Waals surface area contributed by atoms with E-state index in [1.54, 1.807) is 19.9 Å². The van der Waals surface area contributed by atoms with Gasteiger partial charge in [-0.3, -0.25) is 4.79 Å². The molecule has 0 bridgehead atoms. The second-order valence-corrected chi connectivity index (χ2v) is 7.29. The van der Waals surface area contributed by atoms with E-state index >= 15 is 0 Å². The monoisotopic (exact) mass is 342 g/mol. The van der Waals surface area contributed by atoms with Gasteiger partial charge in [0.05, 0.1) is 7.11 Å². The Balaban J connectivity index is 3.01. The summed E-state index contributed by atoms with van der Waals surface area (Å²) in [5.74, 6) is -0.0783. The summed E-state index contributed by atoms with van der Waals surface area (Å²) in [6.07, 6.45) is 3.01. The number of sulfonamides is 1. The molecule has 0 spiro atoms. The number of methoxy groups -OCH3 is 1. The smallest absolute Gasteiger partial charge is 0.251 e. The van der Waals surface area contributed by atoms with Gasteiger partial charge in [-0.05, 0) is 38.5 Å². The van der Waals surface area contributed by atoms with Crippen molar-refractivity contribution in [2.24, 2.45) is 0 Å². The summed E-state index contributed by atoms with van der Waals surface area (Å²) >= 11 is 0. The van der Waals surface area contributed by atoms with Gasteiger partial charge in [0.25, 0.3) is 5.91 Å². The predicted octanol–water partition coefficient (Wildman–Crippen LogP) is 2.30. The van der Waals surface area contributed by atoms with Crippen LogP contribution >= 0.6 is 0 Å². The van der Waals surface area contributed by atoms with Crippen molar-refractivity contribution in [3.05, 3.63) is 23.8 Å². The largest absolute Gasteiger partial charge is 0.495 e. The number of nitrogens with one attached hydrogen (secondary N) is 2. The third-order valence-electron chi connectivity index (χ3n) is 3.17. The Hall–Kier alpha value is -1.60. The van der Waals surface area contributed by atoms with Crippen LogP contribution in [0.15, 0.2) is 23.1 Å². The first-order chi connectivity index (χ1) is 10.8. The van der Waals surface area contributed by atoms with Crippen LogP contribution in [-0.4, -0.2) is 34.0 Å². The number of ether oxygens (including phenoxy) is 1. The maximum absolute atomic E-state index is 12.4. The third-order valence-corrected chi connectivity index (χ3v) is 4.85. The molecule has 0 heterocycles. The molecule has 0 unspecified atom stereocenters. The van der Waals surface area contributed by atoms with E-state index in [1.807, 2.05) is 0 Å². The SMILES string of the molecule is CCCCCNC(=O)c1ccc(OC)c(S(=O)(=O)NC(C)C)c1. The van der Waals surface area contributed by atoms with E-state index in [-0.39, 0.29) is 22.6 Å². The van der Waals surface area contributed by atoms with Crippen LogP contribution in [0.1, 0.15) is 50.4 Å². The zero-order valence-corrected chi connectivity index (χ0v) is 15.0. The molecule has 6 nitrogen and oxygen atoms in total. The first-order valence-electron chi connectivity index (χ1n) is 7.80. The van der Waals surface area contributed by atoms with E-state index in [0.717, 1.165) is 19.3 Å². The van der Waals surface area contributed by atoms with E-state index in [2.05, 4.69) is 17.0 Å². The molecule has 0 aliphatic carbocycles. The molecule has 0 saturated carbocycles. The fourth-order valence-corrected chi connectivity index (χ4v) is 3.53. The lowest BCUT2D eigenvalue weighted by Crippen LogP contribution is -2.31. The standard InChI is InChI=1S/C16H26N2O4S/c1-5-6-7-10-17-16(19)13-8-9-14(22-4)15(11-13)23(20,21)18-12(2)3/h8-9,11-12,18H,5-7,10H2,1-4H3,(H,17,19). The molecule has 1 aromatic rings. The van der Waals surface area contributed by atoms with E-state index in [9.17, 15) is 13.2 Å². The van der Waals surface area contributed by atoms with Gasteiger partial charge in [0, 0.05) is 18.2 Å². The van der Waals surface area contributed by atoms with Crippen LogP contribution in [-0.2, 0) is 10.0 Å². The van der Waals surface area contributed by atoms with Crippen molar-refractivity contribution in [3.63, 3.8) is 0 Å². The topological polar surface area (TPSA) is 84.5 Å². The zero-order valence-electron chi connectivity index (χ0n) is 14.2. The highest BCUT2D eigenvalue weighted by molar-refractivity contribution is 7.89. The highest BCUT2D eigenvalue weighted by Gasteiger charge is 2.22. The summed E-state index contributed by atoms with van der Waals surface area (Å²) in [6, 6.07) is 4.15. The lowest BCUT2D eigenvalue weighted by atomic mass is 10.2. The number of carbonyl (C=O) groups excluding carboxylic acids is 1. The number of carbonyl (C=O) groups is 1. The van der Waals surface area contributed by atoms with Crippen molar-refractivity contribution in [3.8, 4) is 5.75 Å². The zero-order chi connectivity index (χ0) is 17.5. The lowest BCUT2D eigenvalue weighted by Gasteiger charge is -2.14. The van der Waals surface area contributed by atoms with Gasteiger partial charge in [-0.1, -0.05) is 19.8 Å². The van der Waals surface area contributed by atoms with E-state index in [0.29, 0.717) is 12.1 Å². The predicted molar refractivity (Wildman–Crippen MR) is 90.3 cm³/mol. The molecular formula is C16H26N2O4S. The van der Waals surface area contributed by atoms with E-state index in [1.165, 1.54) is 19.2 Å². The fourth-order valence-electron chi connectivity index (χ4n) is 2.08. The van der Waals surface area contributed by atoms with Crippen LogP contribution in [0.5, 0.6) is 5.75 Å². The second-order valence-electron chi connectivity index (χ2n) is 5.60. The third kappa shape index (κ3) is 5.84. The van der Waals surface area contributed by atoms with Gasteiger partial charge in [-0.25, -0.2) is 13.1 Å². The minimum Gasteiger partial charge on any atom is -0.495 e. The Kier molecular flexibility index (Phi) is 7.51. The summed E-state index contributed by atoms with van der Waals surface area (Å²) in [5, 5.41) is 2.80. The molecule has 1 rings (SSSR count). The number of amides is 1. The van der Waals surface area contributed by atoms with Gasteiger partial charge < -0.3 is 10.1 Å². The molecule has 0 saturated heterocycles. The number of hydrogen-bond acceptors (Lipinski definition) is 4. The Morgan fingerprint density at radius 1 is 1.26 bits per heavy atom. The van der Waals surface area contributed by atoms with Crippen molar-refractivity contribution in [1.29, 1.82) is 0 Å². The number of hydrogen-bond donors (Lipinski definition) is 2. The molecular weight excluding hydrogens is 316 g/mol. The van der Waals surface area contributed by atoms with E-state index < -0.39 is 10.0 Å². The quantitative estimate of drug-likeness (QED) is 0.675. The second kappa shape index (κ2) is 8.88. The van der Waals surface area contributed by atoms with Gasteiger partial charge in [-0.2, -0.15) is 0 Å². The van der Waals surface area contributed by atoms with Gasteiger partial charge in [0.2, 0.25) is 10.0 Å². The van der Waals surface area contributed by atoms with Crippen molar-refractivity contribution < 1.29 is 17.9 Å². The summed E-state index contributed by atoms with van der Waals surface area (Å²) in [7, 11) is -2.35. The normalized spacial score (nSPS) is 11.5. The van der Waals surface area contributed by atoms with Gasteiger partial charge in [-0.15, -0.1) is 0 Å². The Morgan fingerprint density at radius 3 is 2.52 bits per heavy atom. The molecule has 0 atom stereocenters. The lowest BCUT2D eigenvalue weighted by molar-refractivity contribution is 0.0952. The Labute approximate surface area is 138 Å². The highest BCUT2D eigenvalue weighted by Crippen LogP contribution is 2.25. The molecule has 1 amide bonds. The molecule has 0 aromatic heterocycles. The Bertz CT molecular complexity index is 627. The first-order valence-corrected chi connectivity index (χ1v) is 9.28. The first kappa shape index (κ1) is 19.4. The van der Waals surface area contributed by atoms with E-state index in [4.69, 9.17) is 4.74 Å². The van der Waals surface area contributed by atoms with Crippen molar-refractivity contribution in [1.82, 2.24) is 10.0 Å². The molecule has 23 heavy (non-hydrogen) atoms. The maximum atomic E-state index is 12.4. The minimum atomic E-state index is -3.74. The fraction of sp³-hybridized carbons (Fsp3) is 0.562. The summed E-state index contributed by atoms with van der Waals surface area (Å²) in [4.78, 5) is 12.1. The molecule has 1 aromatic carbocycles. The van der Waals surface area contributed by atoms with Crippen molar-refractivity contribution in [2.45, 2.75) is 51.0 Å². The molecule has 0 aliphatic heterocycles. The van der Waals surface area contributed by atoms with Crippen LogP contribution in [0, 0.1) is 0 Å². The maximum Gasteiger partial charge on any atom is 0.251 e.